The Balaban J connectivity index is 0.000000182. The zero-order valence-electron chi connectivity index (χ0n) is 58.1. The van der Waals surface area contributed by atoms with E-state index in [4.69, 9.17) is 47.9 Å². The van der Waals surface area contributed by atoms with E-state index in [1.807, 2.05) is 31.1 Å². The van der Waals surface area contributed by atoms with Gasteiger partial charge in [-0.15, -0.1) is 20.3 Å². The summed E-state index contributed by atoms with van der Waals surface area (Å²) < 4.78 is 48.0. The van der Waals surface area contributed by atoms with Crippen LogP contribution in [0.4, 0.5) is 20.2 Å². The first kappa shape index (κ1) is 80.7. The van der Waals surface area contributed by atoms with Crippen molar-refractivity contribution in [1.82, 2.24) is 25.6 Å². The molecular formula is C74H73F2N7O25. The highest BCUT2D eigenvalue weighted by atomic mass is 19.1. The van der Waals surface area contributed by atoms with Crippen molar-refractivity contribution in [3.63, 3.8) is 0 Å². The SMILES string of the molecule is C.C=C1CCC(=O)N1OC(=O)Cc1c(C)c2cc(F)c(O)c(F)c2oc1=O.C=C1CCC(=O)N1OC(=O)Cc1c(C)c2ccc(N(C)C)cc2oc1=O.Cc1c(CC(=O)NCCCCCC(=O)ON2C(=O)CCC2=O)c(=O)oc2cc(N)ccc12.O=C(ON1C(=O)CCC1=O)c1cc2ccc(CO)cc2oc1=O. The number of aryl methyl sites for hydroxylation is 3. The second-order valence-electron chi connectivity index (χ2n) is 24.8. The fourth-order valence-electron chi connectivity index (χ4n) is 11.2. The van der Waals surface area contributed by atoms with Gasteiger partial charge in [-0.3, -0.25) is 33.6 Å². The predicted octanol–water partition coefficient (Wildman–Crippen LogP) is 7.18. The summed E-state index contributed by atoms with van der Waals surface area (Å²) in [6.45, 7) is 12.3. The van der Waals surface area contributed by atoms with Crippen molar-refractivity contribution in [2.75, 3.05) is 31.3 Å². The molecule has 568 valence electrons. The highest BCUT2D eigenvalue weighted by Gasteiger charge is 2.36. The Morgan fingerprint density at radius 2 is 1.01 bits per heavy atom. The number of carbonyl (C=O) groups is 11. The molecule has 4 aliphatic rings. The highest BCUT2D eigenvalue weighted by Crippen LogP contribution is 2.32. The van der Waals surface area contributed by atoms with Crippen LogP contribution in [0.3, 0.4) is 0 Å². The second kappa shape index (κ2) is 34.7. The first-order valence-electron chi connectivity index (χ1n) is 32.9. The fourth-order valence-corrected chi connectivity index (χ4v) is 11.2. The largest absolute Gasteiger partial charge is 0.503 e. The number of allylic oxidation sites excluding steroid dienone is 2. The molecule has 0 radical (unpaired) electrons. The van der Waals surface area contributed by atoms with Crippen LogP contribution in [-0.4, -0.2) is 116 Å². The number of phenols is 1. The van der Waals surface area contributed by atoms with Crippen LogP contribution >= 0.6 is 0 Å². The minimum absolute atomic E-state index is 0. The molecule has 108 heavy (non-hydrogen) atoms. The molecule has 4 saturated heterocycles. The van der Waals surface area contributed by atoms with Gasteiger partial charge in [-0.1, -0.05) is 39.1 Å². The van der Waals surface area contributed by atoms with Gasteiger partial charge in [0.15, 0.2) is 17.1 Å². The van der Waals surface area contributed by atoms with Gasteiger partial charge in [0.05, 0.1) is 54.0 Å². The Hall–Kier alpha value is -13.0. The van der Waals surface area contributed by atoms with Crippen molar-refractivity contribution < 1.29 is 109 Å². The van der Waals surface area contributed by atoms with Crippen molar-refractivity contribution in [2.45, 2.75) is 131 Å². The summed E-state index contributed by atoms with van der Waals surface area (Å²) in [5, 5.41) is 25.4. The fraction of sp³-hybridized carbons (Fsp3) is 0.311. The summed E-state index contributed by atoms with van der Waals surface area (Å²) in [4.78, 5) is 199. The molecule has 0 saturated carbocycles. The van der Waals surface area contributed by atoms with Gasteiger partial charge in [-0.05, 0) is 111 Å². The van der Waals surface area contributed by atoms with E-state index in [9.17, 15) is 85.8 Å². The van der Waals surface area contributed by atoms with Crippen molar-refractivity contribution in [2.24, 2.45) is 0 Å². The predicted molar refractivity (Wildman–Crippen MR) is 376 cm³/mol. The first-order chi connectivity index (χ1) is 50.7. The van der Waals surface area contributed by atoms with E-state index in [2.05, 4.69) is 18.5 Å². The van der Waals surface area contributed by atoms with Gasteiger partial charge in [0, 0.05) is 111 Å². The Kier molecular flexibility index (Phi) is 25.9. The number of unbranched alkanes of at least 4 members (excludes halogenated alkanes) is 2. The molecule has 0 aliphatic carbocycles. The van der Waals surface area contributed by atoms with E-state index in [0.717, 1.165) is 32.7 Å². The van der Waals surface area contributed by atoms with Gasteiger partial charge in [-0.2, -0.15) is 4.39 Å². The number of nitrogens with two attached hydrogens (primary N) is 1. The van der Waals surface area contributed by atoms with Crippen LogP contribution in [0.1, 0.15) is 134 Å². The van der Waals surface area contributed by atoms with Crippen LogP contribution in [0.2, 0.25) is 0 Å². The van der Waals surface area contributed by atoms with E-state index in [0.29, 0.717) is 105 Å². The molecule has 34 heteroatoms. The number of hydroxylamine groups is 8. The molecule has 4 aromatic heterocycles. The minimum Gasteiger partial charge on any atom is -0.503 e. The lowest BCUT2D eigenvalue weighted by Gasteiger charge is -2.16. The van der Waals surface area contributed by atoms with Crippen molar-refractivity contribution in [3.05, 3.63) is 189 Å². The van der Waals surface area contributed by atoms with Gasteiger partial charge in [0.1, 0.15) is 22.3 Å². The number of phenolic OH excluding ortho intramolecular Hbond substituents is 1. The molecule has 32 nitrogen and oxygen atoms in total. The lowest BCUT2D eigenvalue weighted by atomic mass is 10.0. The third-order valence-electron chi connectivity index (χ3n) is 17.2. The molecule has 7 amide bonds. The van der Waals surface area contributed by atoms with E-state index in [1.54, 1.807) is 50.2 Å². The number of imide groups is 2. The average molecular weight is 1500 g/mol. The monoisotopic (exact) mass is 1500 g/mol. The smallest absolute Gasteiger partial charge is 0.371 e. The van der Waals surface area contributed by atoms with E-state index in [1.165, 1.54) is 19.1 Å². The number of benzene rings is 4. The van der Waals surface area contributed by atoms with Crippen molar-refractivity contribution in [3.8, 4) is 5.75 Å². The maximum Gasteiger partial charge on any atom is 0.371 e. The summed E-state index contributed by atoms with van der Waals surface area (Å²) >= 11 is 0. The summed E-state index contributed by atoms with van der Waals surface area (Å²) in [5.41, 5.74) is 7.00. The van der Waals surface area contributed by atoms with Crippen LogP contribution in [0.25, 0.3) is 43.9 Å². The van der Waals surface area contributed by atoms with E-state index < -0.39 is 111 Å². The molecule has 5 N–H and O–H groups in total. The van der Waals surface area contributed by atoms with Crippen LogP contribution in [0.5, 0.6) is 5.75 Å². The van der Waals surface area contributed by atoms with Gasteiger partial charge in [0.25, 0.3) is 35.4 Å². The van der Waals surface area contributed by atoms with E-state index in [-0.39, 0.29) is 111 Å². The molecule has 12 rings (SSSR count). The summed E-state index contributed by atoms with van der Waals surface area (Å²) in [6.07, 6.45) is 2.11. The third kappa shape index (κ3) is 18.7. The molecule has 4 aromatic carbocycles. The van der Waals surface area contributed by atoms with Crippen LogP contribution < -0.4 is 38.5 Å². The zero-order chi connectivity index (χ0) is 78.0. The molecule has 0 bridgehead atoms. The first-order valence-corrected chi connectivity index (χ1v) is 32.9. The maximum absolute atomic E-state index is 13.9. The topological polar surface area (TPSA) is 440 Å². The Bertz CT molecular complexity index is 5240. The molecule has 8 heterocycles. The zero-order valence-corrected chi connectivity index (χ0v) is 58.1. The Labute approximate surface area is 609 Å². The van der Waals surface area contributed by atoms with Gasteiger partial charge in [-0.25, -0.2) is 42.7 Å². The summed E-state index contributed by atoms with van der Waals surface area (Å²) in [5.74, 6) is -10.7. The number of aliphatic hydroxyl groups excluding tert-OH is 1. The van der Waals surface area contributed by atoms with Gasteiger partial charge < -0.3 is 63.2 Å². The lowest BCUT2D eigenvalue weighted by Crippen LogP contribution is -2.33. The molecular weight excluding hydrogens is 1420 g/mol. The average Bonchev–Trinajstić information content (AvgIpc) is 0.968. The summed E-state index contributed by atoms with van der Waals surface area (Å²) in [7, 11) is 3.79. The molecule has 8 aromatic rings. The number of nitrogens with zero attached hydrogens (tertiary/aromatic N) is 5. The van der Waals surface area contributed by atoms with Crippen molar-refractivity contribution >= 4 is 120 Å². The number of hydrogen-bond donors (Lipinski definition) is 4. The van der Waals surface area contributed by atoms with E-state index >= 15 is 0 Å². The maximum atomic E-state index is 13.9. The number of hydrogen-bond acceptors (Lipinski definition) is 27. The van der Waals surface area contributed by atoms with Gasteiger partial charge in [0.2, 0.25) is 11.7 Å². The number of carbonyl (C=O) groups excluding carboxylic acids is 11. The molecule has 0 unspecified atom stereocenters. The Morgan fingerprint density at radius 3 is 1.54 bits per heavy atom. The number of rotatable bonds is 19. The lowest BCUT2D eigenvalue weighted by molar-refractivity contribution is -0.197. The Morgan fingerprint density at radius 1 is 0.537 bits per heavy atom. The number of aromatic hydroxyl groups is 1. The number of anilines is 2. The highest BCUT2D eigenvalue weighted by molar-refractivity contribution is 6.03. The molecule has 4 aliphatic heterocycles. The quantitative estimate of drug-likeness (QED) is 0.0269. The molecule has 4 fully saturated rings. The van der Waals surface area contributed by atoms with Crippen LogP contribution in [0.15, 0.2) is 128 Å². The molecule has 0 spiro atoms. The van der Waals surface area contributed by atoms with Crippen molar-refractivity contribution in [1.29, 1.82) is 0 Å². The second-order valence-corrected chi connectivity index (χ2v) is 24.8. The number of halogens is 2. The number of aliphatic hydroxyl groups is 1. The number of nitrogen functional groups attached to an aromatic ring is 1. The number of amides is 7. The summed E-state index contributed by atoms with van der Waals surface area (Å²) in [6, 6.07) is 17.2. The number of nitrogens with one attached hydrogen (secondary N) is 1. The molecule has 0 atom stereocenters. The number of fused-ring (bicyclic) bond motifs is 4. The standard InChI is InChI=1S/C22H25N3O7.C19H20N2O5.C17H13F2NO6.C15H11NO7.CH4/c1-13-15-7-6-14(23)11-17(15)31-22(30)16(13)12-18(26)24-10-4-2-3-5-21(29)32-25-19(27)8-9-20(25)28;1-11-5-8-17(22)21(11)26-18(23)10-15-12(2)14-7-6-13(20(3)4)9-16(14)25-19(15)24;1-7-3-4-12(21)20(7)26-13(22)6-10-8(2)9-5-11(18)15(23)14(19)16(9)25-17(10)24;17-7-8-1-2-9-6-10(14(20)22-11(9)5-8)15(21)23-16-12(18)3-4-13(16)19;/h6-7,11H,2-5,8-10,12,23H2,1H3,(H,24,26);6-7,9H,1,5,8,10H2,2-4H3;5,23H,1,3-4,6H2,2H3;1-2,5-6,17H,3-4,7H2;1H4. The van der Waals surface area contributed by atoms with Gasteiger partial charge >= 0.3 is 46.4 Å². The normalized spacial score (nSPS) is 14.0. The van der Waals surface area contributed by atoms with Crippen LogP contribution in [0, 0.1) is 32.4 Å². The minimum atomic E-state index is -1.41. The third-order valence-corrected chi connectivity index (χ3v) is 17.2. The van der Waals surface area contributed by atoms with Crippen LogP contribution in [-0.2, 0) is 93.2 Å².